The van der Waals surface area contributed by atoms with Crippen LogP contribution in [-0.4, -0.2) is 51.6 Å². The summed E-state index contributed by atoms with van der Waals surface area (Å²) >= 11 is 0. The first-order valence-electron chi connectivity index (χ1n) is 7.86. The minimum absolute atomic E-state index is 0.0660. The molecule has 0 aliphatic carbocycles. The molecule has 1 spiro atoms. The van der Waals surface area contributed by atoms with E-state index in [-0.39, 0.29) is 18.8 Å². The summed E-state index contributed by atoms with van der Waals surface area (Å²) in [6, 6.07) is 2.30. The highest BCUT2D eigenvalue weighted by molar-refractivity contribution is 6.02. The Bertz CT molecular complexity index is 744. The molecule has 9 heteroatoms. The highest BCUT2D eigenvalue weighted by Gasteiger charge is 2.57. The van der Waals surface area contributed by atoms with Crippen LogP contribution in [0.2, 0.25) is 0 Å². The molecular weight excluding hydrogens is 328 g/mol. The van der Waals surface area contributed by atoms with E-state index in [9.17, 15) is 14.4 Å². The van der Waals surface area contributed by atoms with Crippen molar-refractivity contribution in [2.45, 2.75) is 44.4 Å². The van der Waals surface area contributed by atoms with Gasteiger partial charge < -0.3 is 20.5 Å². The van der Waals surface area contributed by atoms with Crippen molar-refractivity contribution in [2.75, 3.05) is 11.9 Å². The summed E-state index contributed by atoms with van der Waals surface area (Å²) in [7, 11) is 0. The lowest BCUT2D eigenvalue weighted by Gasteiger charge is -2.33. The number of ether oxygens (including phenoxy) is 2. The second-order valence-corrected chi connectivity index (χ2v) is 7.14. The van der Waals surface area contributed by atoms with E-state index >= 15 is 0 Å². The van der Waals surface area contributed by atoms with E-state index in [1.165, 1.54) is 6.20 Å². The Morgan fingerprint density at radius 3 is 2.84 bits per heavy atom. The largest absolute Gasteiger partial charge is 0.457 e. The molecular formula is C16H20N4O5. The molecule has 1 saturated heterocycles. The van der Waals surface area contributed by atoms with Crippen molar-refractivity contribution in [3.63, 3.8) is 0 Å². The van der Waals surface area contributed by atoms with Gasteiger partial charge in [0.25, 0.3) is 5.91 Å². The number of primary amides is 1. The Hall–Kier alpha value is -2.84. The van der Waals surface area contributed by atoms with Crippen molar-refractivity contribution in [3.8, 4) is 5.88 Å². The first-order valence-corrected chi connectivity index (χ1v) is 7.86. The molecule has 3 heterocycles. The second kappa shape index (κ2) is 5.61. The van der Waals surface area contributed by atoms with Crippen LogP contribution in [0.25, 0.3) is 0 Å². The quantitative estimate of drug-likeness (QED) is 0.768. The van der Waals surface area contributed by atoms with Gasteiger partial charge in [0.15, 0.2) is 0 Å². The summed E-state index contributed by atoms with van der Waals surface area (Å²) in [6.07, 6.45) is 0.732. The molecule has 134 valence electrons. The lowest BCUT2D eigenvalue weighted by molar-refractivity contribution is -0.131. The highest BCUT2D eigenvalue weighted by Crippen LogP contribution is 2.39. The second-order valence-electron chi connectivity index (χ2n) is 7.14. The molecule has 0 bridgehead atoms. The minimum Gasteiger partial charge on any atom is -0.457 e. The maximum absolute atomic E-state index is 12.6. The van der Waals surface area contributed by atoms with Crippen LogP contribution in [0, 0.1) is 0 Å². The van der Waals surface area contributed by atoms with E-state index in [1.807, 2.05) is 0 Å². The first-order chi connectivity index (χ1) is 11.6. The third-order valence-electron chi connectivity index (χ3n) is 4.01. The fourth-order valence-electron chi connectivity index (χ4n) is 2.91. The van der Waals surface area contributed by atoms with Crippen LogP contribution in [0.5, 0.6) is 5.88 Å². The first kappa shape index (κ1) is 17.0. The summed E-state index contributed by atoms with van der Waals surface area (Å²) in [6.45, 7) is 4.97. The smallest absolute Gasteiger partial charge is 0.411 e. The molecule has 2 aliphatic rings. The van der Waals surface area contributed by atoms with Gasteiger partial charge in [-0.2, -0.15) is 0 Å². The summed E-state index contributed by atoms with van der Waals surface area (Å²) in [5, 5.41) is 2.70. The molecule has 3 amide bonds. The molecule has 2 aliphatic heterocycles. The van der Waals surface area contributed by atoms with Gasteiger partial charge in [0.1, 0.15) is 17.3 Å². The fourth-order valence-corrected chi connectivity index (χ4v) is 2.91. The molecule has 0 aromatic carbocycles. The number of amides is 3. The molecule has 1 aromatic rings. The number of hydrogen-bond donors (Lipinski definition) is 2. The molecule has 3 rings (SSSR count). The Balaban J connectivity index is 1.91. The van der Waals surface area contributed by atoms with Crippen molar-refractivity contribution in [1.29, 1.82) is 0 Å². The molecule has 2 atom stereocenters. The zero-order valence-electron chi connectivity index (χ0n) is 14.2. The number of likely N-dealkylation sites (tertiary alicyclic amines) is 1. The average Bonchev–Trinajstić information content (AvgIpc) is 2.88. The van der Waals surface area contributed by atoms with Crippen molar-refractivity contribution in [2.24, 2.45) is 5.73 Å². The zero-order chi connectivity index (χ0) is 18.4. The Morgan fingerprint density at radius 1 is 1.48 bits per heavy atom. The number of rotatable bonds is 1. The summed E-state index contributed by atoms with van der Waals surface area (Å²) < 4.78 is 11.1. The van der Waals surface area contributed by atoms with Gasteiger partial charge in [-0.05, 0) is 32.9 Å². The SMILES string of the molecule is CC(C)(C)OC(=O)N1C[C@@]2(C[C@H]1C(N)=O)Oc1ncccc1NC2=O. The van der Waals surface area contributed by atoms with E-state index in [1.54, 1.807) is 32.9 Å². The number of carbonyl (C=O) groups excluding carboxylic acids is 3. The van der Waals surface area contributed by atoms with Gasteiger partial charge >= 0.3 is 6.09 Å². The van der Waals surface area contributed by atoms with Crippen LogP contribution < -0.4 is 15.8 Å². The van der Waals surface area contributed by atoms with Gasteiger partial charge in [-0.15, -0.1) is 0 Å². The van der Waals surface area contributed by atoms with Gasteiger partial charge in [-0.25, -0.2) is 9.78 Å². The van der Waals surface area contributed by atoms with E-state index in [2.05, 4.69) is 10.3 Å². The standard InChI is InChI=1S/C16H20N4O5/c1-15(2,3)25-14(23)20-8-16(7-10(20)11(17)21)13(22)19-9-5-4-6-18-12(9)24-16/h4-6,10H,7-8H2,1-3H3,(H2,17,21)(H,19,22)/t10-,16+/m0/s1. The molecule has 0 radical (unpaired) electrons. The number of carbonyl (C=O) groups is 3. The fraction of sp³-hybridized carbons (Fsp3) is 0.500. The zero-order valence-corrected chi connectivity index (χ0v) is 14.2. The van der Waals surface area contributed by atoms with Crippen molar-refractivity contribution >= 4 is 23.6 Å². The van der Waals surface area contributed by atoms with Crippen LogP contribution in [-0.2, 0) is 14.3 Å². The van der Waals surface area contributed by atoms with Crippen LogP contribution in [0.1, 0.15) is 27.2 Å². The number of pyridine rings is 1. The van der Waals surface area contributed by atoms with Crippen LogP contribution in [0.15, 0.2) is 18.3 Å². The third kappa shape index (κ3) is 3.09. The Labute approximate surface area is 144 Å². The summed E-state index contributed by atoms with van der Waals surface area (Å²) in [5.41, 5.74) is 3.68. The van der Waals surface area contributed by atoms with E-state index in [0.717, 1.165) is 4.90 Å². The summed E-state index contributed by atoms with van der Waals surface area (Å²) in [5.74, 6) is -0.951. The molecule has 9 nitrogen and oxygen atoms in total. The van der Waals surface area contributed by atoms with Gasteiger partial charge in [-0.1, -0.05) is 0 Å². The Kier molecular flexibility index (Phi) is 3.81. The van der Waals surface area contributed by atoms with Gasteiger partial charge in [0, 0.05) is 12.6 Å². The number of fused-ring (bicyclic) bond motifs is 1. The number of nitrogens with zero attached hydrogens (tertiary/aromatic N) is 2. The topological polar surface area (TPSA) is 124 Å². The van der Waals surface area contributed by atoms with Gasteiger partial charge in [-0.3, -0.25) is 14.5 Å². The predicted molar refractivity (Wildman–Crippen MR) is 86.8 cm³/mol. The van der Waals surface area contributed by atoms with Crippen molar-refractivity contribution in [3.05, 3.63) is 18.3 Å². The van der Waals surface area contributed by atoms with Gasteiger partial charge in [0.2, 0.25) is 17.4 Å². The van der Waals surface area contributed by atoms with E-state index in [0.29, 0.717) is 5.69 Å². The molecule has 0 saturated carbocycles. The molecule has 1 fully saturated rings. The highest BCUT2D eigenvalue weighted by atomic mass is 16.6. The number of nitrogens with two attached hydrogens (primary N) is 1. The Morgan fingerprint density at radius 2 is 2.20 bits per heavy atom. The molecule has 3 N–H and O–H groups in total. The predicted octanol–water partition coefficient (Wildman–Crippen LogP) is 0.646. The number of nitrogens with one attached hydrogen (secondary N) is 1. The van der Waals surface area contributed by atoms with Gasteiger partial charge in [0.05, 0.1) is 6.54 Å². The molecule has 0 unspecified atom stereocenters. The minimum atomic E-state index is -1.43. The maximum Gasteiger partial charge on any atom is 0.411 e. The van der Waals surface area contributed by atoms with E-state index in [4.69, 9.17) is 15.2 Å². The van der Waals surface area contributed by atoms with Crippen LogP contribution in [0.4, 0.5) is 10.5 Å². The number of aromatic nitrogens is 1. The normalized spacial score (nSPS) is 25.2. The van der Waals surface area contributed by atoms with E-state index < -0.39 is 35.2 Å². The third-order valence-corrected chi connectivity index (χ3v) is 4.01. The number of anilines is 1. The molecule has 1 aromatic heterocycles. The van der Waals surface area contributed by atoms with Crippen molar-refractivity contribution < 1.29 is 23.9 Å². The lowest BCUT2D eigenvalue weighted by atomic mass is 9.97. The lowest BCUT2D eigenvalue weighted by Crippen LogP contribution is -2.53. The van der Waals surface area contributed by atoms with Crippen LogP contribution in [0.3, 0.4) is 0 Å². The van der Waals surface area contributed by atoms with Crippen molar-refractivity contribution in [1.82, 2.24) is 9.88 Å². The average molecular weight is 348 g/mol. The summed E-state index contributed by atoms with van der Waals surface area (Å²) in [4.78, 5) is 42.1. The molecule has 25 heavy (non-hydrogen) atoms. The number of hydrogen-bond acceptors (Lipinski definition) is 6. The monoisotopic (exact) mass is 348 g/mol. The van der Waals surface area contributed by atoms with Crippen LogP contribution >= 0.6 is 0 Å². The maximum atomic E-state index is 12.6.